The molecule has 3 heterocycles. The molecule has 0 aliphatic heterocycles. The van der Waals surface area contributed by atoms with E-state index in [1.807, 2.05) is 13.8 Å². The number of ether oxygens (including phenoxy) is 2. The highest BCUT2D eigenvalue weighted by molar-refractivity contribution is 8.01. The van der Waals surface area contributed by atoms with Gasteiger partial charge in [-0.2, -0.15) is 0 Å². The zero-order valence-corrected chi connectivity index (χ0v) is 20.3. The van der Waals surface area contributed by atoms with Crippen molar-refractivity contribution in [3.8, 4) is 23.1 Å². The Hall–Kier alpha value is -3.64. The Kier molecular flexibility index (Phi) is 7.51. The number of nitrogens with zero attached hydrogens (tertiary/aromatic N) is 6. The molecule has 12 heteroatoms. The van der Waals surface area contributed by atoms with Crippen LogP contribution in [0.1, 0.15) is 24.4 Å². The van der Waals surface area contributed by atoms with Gasteiger partial charge in [-0.05, 0) is 49.6 Å². The van der Waals surface area contributed by atoms with E-state index in [2.05, 4.69) is 29.9 Å². The fourth-order valence-corrected chi connectivity index (χ4v) is 4.08. The molecule has 35 heavy (non-hydrogen) atoms. The number of hydrogen-bond donors (Lipinski definition) is 1. The van der Waals surface area contributed by atoms with Crippen molar-refractivity contribution in [3.63, 3.8) is 0 Å². The summed E-state index contributed by atoms with van der Waals surface area (Å²) in [5, 5.41) is 8.32. The van der Waals surface area contributed by atoms with Gasteiger partial charge in [-0.15, -0.1) is 10.2 Å². The lowest BCUT2D eigenvalue weighted by molar-refractivity contribution is 0.0972. The molecule has 0 saturated carbocycles. The Morgan fingerprint density at radius 2 is 1.80 bits per heavy atom. The predicted molar refractivity (Wildman–Crippen MR) is 128 cm³/mol. The van der Waals surface area contributed by atoms with Crippen LogP contribution in [-0.4, -0.2) is 49.2 Å². The number of hydrogen-bond acceptors (Lipinski definition) is 9. The Bertz CT molecular complexity index is 1300. The largest absolute Gasteiger partial charge is 0.481 e. The van der Waals surface area contributed by atoms with Crippen molar-refractivity contribution in [1.82, 2.24) is 29.7 Å². The second-order valence-electron chi connectivity index (χ2n) is 7.55. The fraction of sp³-hybridized carbons (Fsp3) is 0.261. The Morgan fingerprint density at radius 3 is 2.49 bits per heavy atom. The maximum Gasteiger partial charge on any atom is 0.239 e. The molecule has 0 aliphatic rings. The van der Waals surface area contributed by atoms with Gasteiger partial charge in [0, 0.05) is 31.6 Å². The molecule has 4 rings (SSSR count). The van der Waals surface area contributed by atoms with E-state index in [-0.39, 0.29) is 11.2 Å². The molecule has 9 nitrogen and oxygen atoms in total. The Balaban J connectivity index is 1.67. The second-order valence-corrected chi connectivity index (χ2v) is 8.73. The summed E-state index contributed by atoms with van der Waals surface area (Å²) >= 11 is 1.30. The van der Waals surface area contributed by atoms with Gasteiger partial charge in [0.2, 0.25) is 11.8 Å². The van der Waals surface area contributed by atoms with Gasteiger partial charge < -0.3 is 9.47 Å². The fourth-order valence-electron chi connectivity index (χ4n) is 3.30. The average molecular weight is 500 g/mol. The Labute approximate surface area is 205 Å². The van der Waals surface area contributed by atoms with Crippen LogP contribution >= 0.6 is 11.9 Å². The molecule has 0 spiro atoms. The summed E-state index contributed by atoms with van der Waals surface area (Å²) in [5.74, 6) is -0.433. The minimum atomic E-state index is -0.997. The van der Waals surface area contributed by atoms with Crippen molar-refractivity contribution in [1.29, 1.82) is 0 Å². The molecule has 3 aromatic heterocycles. The topological polar surface area (TPSA) is 99.9 Å². The van der Waals surface area contributed by atoms with Crippen molar-refractivity contribution < 1.29 is 18.3 Å². The molecule has 0 amide bonds. The predicted octanol–water partition coefficient (Wildman–Crippen LogP) is 4.55. The van der Waals surface area contributed by atoms with Gasteiger partial charge in [0.1, 0.15) is 11.8 Å². The van der Waals surface area contributed by atoms with Crippen molar-refractivity contribution in [3.05, 3.63) is 71.8 Å². The van der Waals surface area contributed by atoms with Crippen molar-refractivity contribution in [2.75, 3.05) is 18.9 Å². The first-order valence-corrected chi connectivity index (χ1v) is 11.4. The second kappa shape index (κ2) is 10.7. The maximum atomic E-state index is 14.1. The lowest BCUT2D eigenvalue weighted by Gasteiger charge is -2.21. The summed E-state index contributed by atoms with van der Waals surface area (Å²) in [6.07, 6.45) is 3.05. The number of nitrogens with one attached hydrogen (secondary N) is 1. The summed E-state index contributed by atoms with van der Waals surface area (Å²) in [6, 6.07) is 8.71. The van der Waals surface area contributed by atoms with E-state index < -0.39 is 17.7 Å². The Morgan fingerprint density at radius 1 is 1.03 bits per heavy atom. The van der Waals surface area contributed by atoms with Crippen LogP contribution in [0, 0.1) is 18.6 Å². The van der Waals surface area contributed by atoms with Crippen LogP contribution in [0.2, 0.25) is 0 Å². The van der Waals surface area contributed by atoms with Crippen LogP contribution in [0.15, 0.2) is 48.8 Å². The number of methoxy groups -OCH3 is 2. The van der Waals surface area contributed by atoms with Crippen molar-refractivity contribution in [2.45, 2.75) is 25.2 Å². The van der Waals surface area contributed by atoms with Crippen molar-refractivity contribution >= 4 is 17.9 Å². The number of benzene rings is 1. The van der Waals surface area contributed by atoms with Gasteiger partial charge >= 0.3 is 0 Å². The van der Waals surface area contributed by atoms with E-state index >= 15 is 0 Å². The summed E-state index contributed by atoms with van der Waals surface area (Å²) in [6.45, 7) is 3.85. The minimum Gasteiger partial charge on any atom is -0.481 e. The van der Waals surface area contributed by atoms with E-state index in [0.717, 1.165) is 17.7 Å². The van der Waals surface area contributed by atoms with Gasteiger partial charge in [-0.3, -0.25) is 9.29 Å². The molecular formula is C23H23F2N7O2S. The number of anilines is 1. The lowest BCUT2D eigenvalue weighted by Crippen LogP contribution is -2.19. The summed E-state index contributed by atoms with van der Waals surface area (Å²) < 4.78 is 43.3. The molecule has 182 valence electrons. The zero-order valence-electron chi connectivity index (χ0n) is 19.4. The van der Waals surface area contributed by atoms with Gasteiger partial charge in [-0.25, -0.2) is 23.7 Å². The van der Waals surface area contributed by atoms with Crippen LogP contribution in [-0.2, 0) is 4.74 Å². The molecule has 0 saturated heterocycles. The van der Waals surface area contributed by atoms with E-state index in [4.69, 9.17) is 9.47 Å². The molecule has 0 bridgehead atoms. The third kappa shape index (κ3) is 5.38. The smallest absolute Gasteiger partial charge is 0.239 e. The van der Waals surface area contributed by atoms with Gasteiger partial charge in [-0.1, -0.05) is 6.07 Å². The van der Waals surface area contributed by atoms with Crippen LogP contribution in [0.4, 0.5) is 14.7 Å². The highest BCUT2D eigenvalue weighted by Crippen LogP contribution is 2.31. The number of rotatable bonds is 9. The zero-order chi connectivity index (χ0) is 24.9. The van der Waals surface area contributed by atoms with E-state index in [9.17, 15) is 8.78 Å². The van der Waals surface area contributed by atoms with E-state index in [1.165, 1.54) is 25.1 Å². The molecule has 1 N–H and O–H groups in total. The number of aromatic nitrogens is 6. The monoisotopic (exact) mass is 499 g/mol. The standard InChI is InChI=1S/C23H23F2N7O2S/c1-13-11-26-21(27-12-13)20(34-4)14(2)35-31-23-30-29-22(18-6-5-7-19(28-18)33-3)32(23)15-8-9-16(24)17(25)10-15/h5-12,14,20H,1-4H3,(H,30,31). The number of halogens is 2. The molecule has 0 radical (unpaired) electrons. The van der Waals surface area contributed by atoms with Crippen LogP contribution in [0.25, 0.3) is 17.2 Å². The van der Waals surface area contributed by atoms with Gasteiger partial charge in [0.25, 0.3) is 0 Å². The highest BCUT2D eigenvalue weighted by Gasteiger charge is 2.24. The first-order valence-electron chi connectivity index (χ1n) is 10.6. The SMILES string of the molecule is COc1cccc(-c2nnc(NSC(C)C(OC)c3ncc(C)cn3)n2-c2ccc(F)c(F)c2)n1. The first kappa shape index (κ1) is 24.5. The highest BCUT2D eigenvalue weighted by atomic mass is 32.2. The molecule has 2 unspecified atom stereocenters. The van der Waals surface area contributed by atoms with Gasteiger partial charge in [0.05, 0.1) is 18.0 Å². The van der Waals surface area contributed by atoms with Crippen LogP contribution in [0.3, 0.4) is 0 Å². The molecular weight excluding hydrogens is 476 g/mol. The normalized spacial score (nSPS) is 12.9. The molecule has 0 aliphatic carbocycles. The minimum absolute atomic E-state index is 0.156. The maximum absolute atomic E-state index is 14.1. The summed E-state index contributed by atoms with van der Waals surface area (Å²) in [7, 11) is 3.09. The third-order valence-electron chi connectivity index (χ3n) is 5.06. The number of aryl methyl sites for hydroxylation is 1. The number of pyridine rings is 1. The quantitative estimate of drug-likeness (QED) is 0.332. The van der Waals surface area contributed by atoms with Crippen LogP contribution in [0.5, 0.6) is 5.88 Å². The molecule has 0 fully saturated rings. The molecule has 2 atom stereocenters. The first-order chi connectivity index (χ1) is 16.9. The summed E-state index contributed by atoms with van der Waals surface area (Å²) in [5.41, 5.74) is 1.70. The molecule has 4 aromatic rings. The van der Waals surface area contributed by atoms with Crippen LogP contribution < -0.4 is 9.46 Å². The van der Waals surface area contributed by atoms with E-state index in [1.54, 1.807) is 42.3 Å². The van der Waals surface area contributed by atoms with Gasteiger partial charge in [0.15, 0.2) is 23.3 Å². The third-order valence-corrected chi connectivity index (χ3v) is 5.98. The van der Waals surface area contributed by atoms with E-state index in [0.29, 0.717) is 28.9 Å². The summed E-state index contributed by atoms with van der Waals surface area (Å²) in [4.78, 5) is 13.1. The average Bonchev–Trinajstić information content (AvgIpc) is 3.30. The van der Waals surface area contributed by atoms with Crippen molar-refractivity contribution in [2.24, 2.45) is 0 Å². The molecule has 1 aromatic carbocycles. The lowest BCUT2D eigenvalue weighted by atomic mass is 10.2.